The summed E-state index contributed by atoms with van der Waals surface area (Å²) in [6.07, 6.45) is 1.37. The topological polar surface area (TPSA) is 81.7 Å². The Morgan fingerprint density at radius 1 is 0.912 bits per heavy atom. The van der Waals surface area contributed by atoms with Crippen LogP contribution in [0.2, 0.25) is 0 Å². The molecule has 1 heterocycles. The van der Waals surface area contributed by atoms with E-state index in [2.05, 4.69) is 51.9 Å². The molecule has 1 atom stereocenters. The second-order valence-electron chi connectivity index (χ2n) is 8.83. The van der Waals surface area contributed by atoms with Crippen molar-refractivity contribution < 1.29 is 14.7 Å². The van der Waals surface area contributed by atoms with Crippen molar-refractivity contribution in [3.63, 3.8) is 0 Å². The first-order valence-electron chi connectivity index (χ1n) is 11.8. The third-order valence-corrected chi connectivity index (χ3v) is 6.38. The minimum atomic E-state index is -0.124. The number of anilines is 1. The van der Waals surface area contributed by atoms with E-state index in [0.29, 0.717) is 38.2 Å². The number of phenols is 1. The summed E-state index contributed by atoms with van der Waals surface area (Å²) in [4.78, 5) is 27.3. The van der Waals surface area contributed by atoms with E-state index in [4.69, 9.17) is 0 Å². The van der Waals surface area contributed by atoms with Crippen molar-refractivity contribution in [3.8, 4) is 16.9 Å². The molecule has 1 saturated heterocycles. The largest absolute Gasteiger partial charge is 0.506 e. The predicted molar refractivity (Wildman–Crippen MR) is 134 cm³/mol. The maximum atomic E-state index is 12.6. The normalized spacial score (nSPS) is 15.4. The highest BCUT2D eigenvalue weighted by Gasteiger charge is 2.26. The van der Waals surface area contributed by atoms with Crippen LogP contribution in [-0.2, 0) is 9.59 Å². The molecule has 3 N–H and O–H groups in total. The lowest BCUT2D eigenvalue weighted by Crippen LogP contribution is -2.43. The number of carbonyl (C=O) groups is 2. The summed E-state index contributed by atoms with van der Waals surface area (Å²) < 4.78 is 0. The molecule has 1 fully saturated rings. The number of para-hydroxylation sites is 2. The Bertz CT molecular complexity index is 1110. The second kappa shape index (κ2) is 11.0. The standard InChI is InChI=1S/C28H31N3O3/c1-20(21-11-13-23(14-12-21)22-7-3-2-4-8-22)29-27(33)19-31-17-15-24(16-18-31)28(34)30-25-9-5-6-10-26(25)32/h2-14,20,24,32H,15-19H2,1H3,(H,29,33)(H,30,34)/t20-/m0/s1. The molecule has 0 radical (unpaired) electrons. The zero-order valence-electron chi connectivity index (χ0n) is 19.4. The third-order valence-electron chi connectivity index (χ3n) is 6.38. The number of aromatic hydroxyl groups is 1. The summed E-state index contributed by atoms with van der Waals surface area (Å²) >= 11 is 0. The molecule has 34 heavy (non-hydrogen) atoms. The number of piperidine rings is 1. The summed E-state index contributed by atoms with van der Waals surface area (Å²) in [5.41, 5.74) is 3.81. The van der Waals surface area contributed by atoms with Crippen LogP contribution in [0.25, 0.3) is 11.1 Å². The lowest BCUT2D eigenvalue weighted by Gasteiger charge is -2.31. The molecular formula is C28H31N3O3. The summed E-state index contributed by atoms with van der Waals surface area (Å²) in [6.45, 7) is 3.68. The van der Waals surface area contributed by atoms with Gasteiger partial charge in [0.15, 0.2) is 0 Å². The number of hydrogen-bond donors (Lipinski definition) is 3. The van der Waals surface area contributed by atoms with Crippen LogP contribution in [0.4, 0.5) is 5.69 Å². The fraction of sp³-hybridized carbons (Fsp3) is 0.286. The van der Waals surface area contributed by atoms with Gasteiger partial charge >= 0.3 is 0 Å². The third kappa shape index (κ3) is 6.02. The van der Waals surface area contributed by atoms with E-state index < -0.39 is 0 Å². The maximum Gasteiger partial charge on any atom is 0.234 e. The summed E-state index contributed by atoms with van der Waals surface area (Å²) in [5.74, 6) is -0.162. The van der Waals surface area contributed by atoms with Gasteiger partial charge in [-0.1, -0.05) is 66.7 Å². The van der Waals surface area contributed by atoms with Crippen molar-refractivity contribution in [2.45, 2.75) is 25.8 Å². The molecule has 176 valence electrons. The molecule has 2 amide bonds. The number of rotatable bonds is 7. The Hall–Kier alpha value is -3.64. The summed E-state index contributed by atoms with van der Waals surface area (Å²) in [7, 11) is 0. The highest BCUT2D eigenvalue weighted by molar-refractivity contribution is 5.94. The minimum absolute atomic E-state index is 0.0169. The molecule has 4 rings (SSSR count). The Balaban J connectivity index is 1.22. The van der Waals surface area contributed by atoms with Gasteiger partial charge in [0.1, 0.15) is 5.75 Å². The molecule has 3 aromatic rings. The second-order valence-corrected chi connectivity index (χ2v) is 8.83. The van der Waals surface area contributed by atoms with Gasteiger partial charge in [0.25, 0.3) is 0 Å². The Kier molecular flexibility index (Phi) is 7.60. The monoisotopic (exact) mass is 457 g/mol. The first-order chi connectivity index (χ1) is 16.5. The minimum Gasteiger partial charge on any atom is -0.506 e. The highest BCUT2D eigenvalue weighted by Crippen LogP contribution is 2.25. The van der Waals surface area contributed by atoms with Crippen molar-refractivity contribution in [2.24, 2.45) is 5.92 Å². The first-order valence-corrected chi connectivity index (χ1v) is 11.8. The van der Waals surface area contributed by atoms with Crippen LogP contribution in [0.3, 0.4) is 0 Å². The van der Waals surface area contributed by atoms with Gasteiger partial charge in [0, 0.05) is 5.92 Å². The van der Waals surface area contributed by atoms with E-state index in [1.807, 2.05) is 25.1 Å². The van der Waals surface area contributed by atoms with E-state index >= 15 is 0 Å². The zero-order valence-corrected chi connectivity index (χ0v) is 19.4. The van der Waals surface area contributed by atoms with Crippen LogP contribution in [-0.4, -0.2) is 41.5 Å². The van der Waals surface area contributed by atoms with Crippen molar-refractivity contribution >= 4 is 17.5 Å². The van der Waals surface area contributed by atoms with Crippen LogP contribution in [0, 0.1) is 5.92 Å². The van der Waals surface area contributed by atoms with Crippen LogP contribution >= 0.6 is 0 Å². The molecule has 1 aliphatic rings. The fourth-order valence-corrected chi connectivity index (χ4v) is 4.34. The number of carbonyl (C=O) groups excluding carboxylic acids is 2. The van der Waals surface area contributed by atoms with Gasteiger partial charge in [0.05, 0.1) is 18.3 Å². The maximum absolute atomic E-state index is 12.6. The van der Waals surface area contributed by atoms with Crippen molar-refractivity contribution in [1.82, 2.24) is 10.2 Å². The van der Waals surface area contributed by atoms with Crippen molar-refractivity contribution in [3.05, 3.63) is 84.4 Å². The molecule has 6 heteroatoms. The number of likely N-dealkylation sites (tertiary alicyclic amines) is 1. The first kappa shape index (κ1) is 23.5. The molecule has 0 aliphatic carbocycles. The van der Waals surface area contributed by atoms with Crippen LogP contribution in [0.5, 0.6) is 5.75 Å². The highest BCUT2D eigenvalue weighted by atomic mass is 16.3. The van der Waals surface area contributed by atoms with E-state index in [0.717, 1.165) is 11.1 Å². The summed E-state index contributed by atoms with van der Waals surface area (Å²) in [6, 6.07) is 25.1. The van der Waals surface area contributed by atoms with Crippen molar-refractivity contribution in [1.29, 1.82) is 0 Å². The SMILES string of the molecule is C[C@H](NC(=O)CN1CCC(C(=O)Nc2ccccc2O)CC1)c1ccc(-c2ccccc2)cc1. The Morgan fingerprint density at radius 2 is 1.53 bits per heavy atom. The van der Waals surface area contributed by atoms with Crippen LogP contribution in [0.1, 0.15) is 31.4 Å². The molecule has 6 nitrogen and oxygen atoms in total. The van der Waals surface area contributed by atoms with E-state index in [-0.39, 0.29) is 29.5 Å². The predicted octanol–water partition coefficient (Wildman–Crippen LogP) is 4.59. The zero-order chi connectivity index (χ0) is 23.9. The van der Waals surface area contributed by atoms with Gasteiger partial charge in [-0.05, 0) is 61.7 Å². The van der Waals surface area contributed by atoms with Gasteiger partial charge in [-0.2, -0.15) is 0 Å². The number of amides is 2. The van der Waals surface area contributed by atoms with Gasteiger partial charge in [0.2, 0.25) is 11.8 Å². The molecule has 0 bridgehead atoms. The number of phenolic OH excluding ortho intramolecular Hbond substituents is 1. The lowest BCUT2D eigenvalue weighted by atomic mass is 9.95. The Labute approximate surface area is 200 Å². The van der Waals surface area contributed by atoms with Gasteiger partial charge < -0.3 is 15.7 Å². The number of nitrogens with zero attached hydrogens (tertiary/aromatic N) is 1. The molecule has 3 aromatic carbocycles. The fourth-order valence-electron chi connectivity index (χ4n) is 4.34. The lowest BCUT2D eigenvalue weighted by molar-refractivity contribution is -0.124. The van der Waals surface area contributed by atoms with Gasteiger partial charge in [-0.15, -0.1) is 0 Å². The average molecular weight is 458 g/mol. The van der Waals surface area contributed by atoms with E-state index in [1.54, 1.807) is 24.3 Å². The molecule has 0 aromatic heterocycles. The van der Waals surface area contributed by atoms with Gasteiger partial charge in [-0.25, -0.2) is 0 Å². The van der Waals surface area contributed by atoms with E-state index in [9.17, 15) is 14.7 Å². The van der Waals surface area contributed by atoms with Crippen molar-refractivity contribution in [2.75, 3.05) is 25.0 Å². The quantitative estimate of drug-likeness (QED) is 0.454. The van der Waals surface area contributed by atoms with Crippen LogP contribution < -0.4 is 10.6 Å². The summed E-state index contributed by atoms with van der Waals surface area (Å²) in [5, 5.41) is 15.7. The Morgan fingerprint density at radius 3 is 2.21 bits per heavy atom. The molecular weight excluding hydrogens is 426 g/mol. The molecule has 0 saturated carbocycles. The molecule has 1 aliphatic heterocycles. The van der Waals surface area contributed by atoms with Gasteiger partial charge in [-0.3, -0.25) is 14.5 Å². The van der Waals surface area contributed by atoms with E-state index in [1.165, 1.54) is 5.56 Å². The molecule has 0 unspecified atom stereocenters. The average Bonchev–Trinajstić information content (AvgIpc) is 2.86. The van der Waals surface area contributed by atoms with Crippen LogP contribution in [0.15, 0.2) is 78.9 Å². The molecule has 0 spiro atoms. The number of nitrogens with one attached hydrogen (secondary N) is 2. The smallest absolute Gasteiger partial charge is 0.234 e. The number of benzene rings is 3. The number of hydrogen-bond acceptors (Lipinski definition) is 4.